The lowest BCUT2D eigenvalue weighted by molar-refractivity contribution is -0.136. The summed E-state index contributed by atoms with van der Waals surface area (Å²) in [5.74, 6) is 0.337. The SMILES string of the molecule is CC[C@@](C)(OC)C(=O)Nc1ccc(O[C@H](C)COC)c(Cl)c1. The highest BCUT2D eigenvalue weighted by atomic mass is 35.5. The first-order chi connectivity index (χ1) is 10.4. The Labute approximate surface area is 136 Å². The number of benzene rings is 1. The van der Waals surface area contributed by atoms with Crippen molar-refractivity contribution in [3.63, 3.8) is 0 Å². The third-order valence-corrected chi connectivity index (χ3v) is 3.82. The van der Waals surface area contributed by atoms with E-state index in [4.69, 9.17) is 25.8 Å². The number of ether oxygens (including phenoxy) is 3. The average Bonchev–Trinajstić information content (AvgIpc) is 2.49. The first kappa shape index (κ1) is 18.7. The van der Waals surface area contributed by atoms with Crippen LogP contribution in [0.3, 0.4) is 0 Å². The van der Waals surface area contributed by atoms with Crippen LogP contribution in [0.15, 0.2) is 18.2 Å². The Morgan fingerprint density at radius 3 is 2.59 bits per heavy atom. The van der Waals surface area contributed by atoms with Gasteiger partial charge in [0.15, 0.2) is 0 Å². The number of anilines is 1. The van der Waals surface area contributed by atoms with Crippen molar-refractivity contribution in [3.05, 3.63) is 23.2 Å². The Morgan fingerprint density at radius 2 is 2.09 bits per heavy atom. The molecule has 0 bridgehead atoms. The fourth-order valence-electron chi connectivity index (χ4n) is 1.82. The van der Waals surface area contributed by atoms with E-state index in [-0.39, 0.29) is 12.0 Å². The lowest BCUT2D eigenvalue weighted by Crippen LogP contribution is -2.41. The topological polar surface area (TPSA) is 56.8 Å². The van der Waals surface area contributed by atoms with E-state index in [1.807, 2.05) is 13.8 Å². The molecule has 1 aromatic rings. The van der Waals surface area contributed by atoms with Gasteiger partial charge in [-0.15, -0.1) is 0 Å². The van der Waals surface area contributed by atoms with Gasteiger partial charge in [-0.1, -0.05) is 18.5 Å². The highest BCUT2D eigenvalue weighted by Crippen LogP contribution is 2.29. The number of rotatable bonds is 8. The predicted molar refractivity (Wildman–Crippen MR) is 87.8 cm³/mol. The zero-order chi connectivity index (χ0) is 16.8. The third kappa shape index (κ3) is 4.87. The Morgan fingerprint density at radius 1 is 1.41 bits per heavy atom. The van der Waals surface area contributed by atoms with E-state index >= 15 is 0 Å². The van der Waals surface area contributed by atoms with Crippen molar-refractivity contribution in [3.8, 4) is 5.75 Å². The molecule has 0 aliphatic carbocycles. The Kier molecular flexibility index (Phi) is 7.13. The van der Waals surface area contributed by atoms with Crippen molar-refractivity contribution in [2.24, 2.45) is 0 Å². The molecule has 0 aliphatic heterocycles. The summed E-state index contributed by atoms with van der Waals surface area (Å²) in [6.45, 7) is 6.00. The smallest absolute Gasteiger partial charge is 0.256 e. The Bertz CT molecular complexity index is 503. The lowest BCUT2D eigenvalue weighted by atomic mass is 10.0. The number of carbonyl (C=O) groups excluding carboxylic acids is 1. The summed E-state index contributed by atoms with van der Waals surface area (Å²) in [6, 6.07) is 5.12. The molecule has 1 aromatic carbocycles. The van der Waals surface area contributed by atoms with Gasteiger partial charge in [0.1, 0.15) is 17.5 Å². The summed E-state index contributed by atoms with van der Waals surface area (Å²) in [6.07, 6.45) is 0.457. The van der Waals surface area contributed by atoms with E-state index in [9.17, 15) is 4.79 Å². The fraction of sp³-hybridized carbons (Fsp3) is 0.562. The van der Waals surface area contributed by atoms with Crippen LogP contribution in [-0.4, -0.2) is 38.4 Å². The highest BCUT2D eigenvalue weighted by molar-refractivity contribution is 6.32. The van der Waals surface area contributed by atoms with Crippen molar-refractivity contribution in [1.82, 2.24) is 0 Å². The van der Waals surface area contributed by atoms with Gasteiger partial charge in [0.2, 0.25) is 0 Å². The van der Waals surface area contributed by atoms with Gasteiger partial charge in [-0.25, -0.2) is 0 Å². The molecule has 124 valence electrons. The van der Waals surface area contributed by atoms with E-state index in [2.05, 4.69) is 5.32 Å². The van der Waals surface area contributed by atoms with Crippen LogP contribution in [0.1, 0.15) is 27.2 Å². The fourth-order valence-corrected chi connectivity index (χ4v) is 2.05. The summed E-state index contributed by atoms with van der Waals surface area (Å²) in [5, 5.41) is 3.23. The molecule has 0 saturated carbocycles. The van der Waals surface area contributed by atoms with Gasteiger partial charge in [-0.3, -0.25) is 4.79 Å². The van der Waals surface area contributed by atoms with E-state index in [0.717, 1.165) is 0 Å². The quantitative estimate of drug-likeness (QED) is 0.793. The van der Waals surface area contributed by atoms with Gasteiger partial charge >= 0.3 is 0 Å². The van der Waals surface area contributed by atoms with Gasteiger partial charge in [0.25, 0.3) is 5.91 Å². The maximum Gasteiger partial charge on any atom is 0.256 e. The number of nitrogens with one attached hydrogen (secondary N) is 1. The molecule has 1 amide bonds. The summed E-state index contributed by atoms with van der Waals surface area (Å²) in [7, 11) is 3.13. The highest BCUT2D eigenvalue weighted by Gasteiger charge is 2.31. The molecule has 0 unspecified atom stereocenters. The first-order valence-corrected chi connectivity index (χ1v) is 7.55. The van der Waals surface area contributed by atoms with E-state index in [0.29, 0.717) is 29.5 Å². The number of carbonyl (C=O) groups is 1. The number of methoxy groups -OCH3 is 2. The zero-order valence-electron chi connectivity index (χ0n) is 13.7. The van der Waals surface area contributed by atoms with Crippen LogP contribution < -0.4 is 10.1 Å². The molecule has 0 heterocycles. The molecule has 0 fully saturated rings. The minimum atomic E-state index is -0.866. The summed E-state index contributed by atoms with van der Waals surface area (Å²) in [4.78, 5) is 12.2. The van der Waals surface area contributed by atoms with Crippen LogP contribution in [0.2, 0.25) is 5.02 Å². The standard InChI is InChI=1S/C16H24ClNO4/c1-6-16(3,21-5)15(19)18-12-7-8-14(13(17)9-12)22-11(2)10-20-4/h7-9,11H,6,10H2,1-5H3,(H,18,19)/t11-,16-/m1/s1. The van der Waals surface area contributed by atoms with Gasteiger partial charge in [-0.2, -0.15) is 0 Å². The van der Waals surface area contributed by atoms with Crippen molar-refractivity contribution < 1.29 is 19.0 Å². The summed E-state index contributed by atoms with van der Waals surface area (Å²) in [5.41, 5.74) is -0.271. The Hall–Kier alpha value is -1.30. The maximum absolute atomic E-state index is 12.2. The molecule has 5 nitrogen and oxygen atoms in total. The molecular weight excluding hydrogens is 306 g/mol. The maximum atomic E-state index is 12.2. The summed E-state index contributed by atoms with van der Waals surface area (Å²) < 4.78 is 15.9. The molecule has 1 rings (SSSR count). The van der Waals surface area contributed by atoms with Crippen LogP contribution in [0, 0.1) is 0 Å². The molecule has 0 radical (unpaired) electrons. The molecule has 6 heteroatoms. The molecule has 1 N–H and O–H groups in total. The van der Waals surface area contributed by atoms with Crippen LogP contribution in [0.5, 0.6) is 5.75 Å². The molecular formula is C16H24ClNO4. The second-order valence-electron chi connectivity index (χ2n) is 5.27. The van der Waals surface area contributed by atoms with Crippen LogP contribution in [-0.2, 0) is 14.3 Å². The van der Waals surface area contributed by atoms with Crippen LogP contribution in [0.4, 0.5) is 5.69 Å². The average molecular weight is 330 g/mol. The van der Waals surface area contributed by atoms with Crippen molar-refractivity contribution in [2.45, 2.75) is 38.9 Å². The van der Waals surface area contributed by atoms with E-state index in [1.165, 1.54) is 7.11 Å². The summed E-state index contributed by atoms with van der Waals surface area (Å²) >= 11 is 6.19. The minimum absolute atomic E-state index is 0.111. The van der Waals surface area contributed by atoms with Gasteiger partial charge in [0, 0.05) is 19.9 Å². The molecule has 0 saturated heterocycles. The molecule has 0 spiro atoms. The van der Waals surface area contributed by atoms with Crippen molar-refractivity contribution in [2.75, 3.05) is 26.1 Å². The number of amides is 1. The number of hydrogen-bond donors (Lipinski definition) is 1. The second kappa shape index (κ2) is 8.36. The molecule has 22 heavy (non-hydrogen) atoms. The minimum Gasteiger partial charge on any atom is -0.487 e. The van der Waals surface area contributed by atoms with Crippen LogP contribution >= 0.6 is 11.6 Å². The van der Waals surface area contributed by atoms with Gasteiger partial charge < -0.3 is 19.5 Å². The van der Waals surface area contributed by atoms with Crippen molar-refractivity contribution in [1.29, 1.82) is 0 Å². The molecule has 0 aromatic heterocycles. The first-order valence-electron chi connectivity index (χ1n) is 7.18. The zero-order valence-corrected chi connectivity index (χ0v) is 14.5. The normalized spacial score (nSPS) is 15.0. The second-order valence-corrected chi connectivity index (χ2v) is 5.68. The van der Waals surface area contributed by atoms with Gasteiger partial charge in [0.05, 0.1) is 11.6 Å². The van der Waals surface area contributed by atoms with Gasteiger partial charge in [-0.05, 0) is 38.5 Å². The van der Waals surface area contributed by atoms with Crippen LogP contribution in [0.25, 0.3) is 0 Å². The Balaban J connectivity index is 2.79. The monoisotopic (exact) mass is 329 g/mol. The van der Waals surface area contributed by atoms with E-state index in [1.54, 1.807) is 32.2 Å². The number of hydrogen-bond acceptors (Lipinski definition) is 4. The van der Waals surface area contributed by atoms with E-state index < -0.39 is 5.60 Å². The largest absolute Gasteiger partial charge is 0.487 e. The predicted octanol–water partition coefficient (Wildman–Crippen LogP) is 3.51. The molecule has 0 aliphatic rings. The van der Waals surface area contributed by atoms with Crippen molar-refractivity contribution >= 4 is 23.2 Å². The lowest BCUT2D eigenvalue weighted by Gasteiger charge is -2.25. The number of halogens is 1. The third-order valence-electron chi connectivity index (χ3n) is 3.52. The molecule has 2 atom stereocenters.